The smallest absolute Gasteiger partial charge is 0.321 e. The van der Waals surface area contributed by atoms with E-state index in [1.54, 1.807) is 6.92 Å². The number of nitrogens with one attached hydrogen (secondary N) is 3. The van der Waals surface area contributed by atoms with E-state index < -0.39 is 12.1 Å². The van der Waals surface area contributed by atoms with Crippen LogP contribution in [-0.2, 0) is 11.2 Å². The Morgan fingerprint density at radius 3 is 2.72 bits per heavy atom. The Morgan fingerprint density at radius 2 is 2.17 bits per heavy atom. The maximum Gasteiger partial charge on any atom is 0.321 e. The van der Waals surface area contributed by atoms with Gasteiger partial charge in [0.25, 0.3) is 0 Å². The normalized spacial score (nSPS) is 11.9. The second-order valence-corrected chi connectivity index (χ2v) is 5.50. The van der Waals surface area contributed by atoms with Crippen molar-refractivity contribution >= 4 is 34.9 Å². The third-order valence-electron chi connectivity index (χ3n) is 2.31. The molecule has 0 spiro atoms. The van der Waals surface area contributed by atoms with Gasteiger partial charge in [-0.2, -0.15) is 0 Å². The van der Waals surface area contributed by atoms with Gasteiger partial charge in [0.2, 0.25) is 5.91 Å². The van der Waals surface area contributed by atoms with Crippen LogP contribution in [0.1, 0.15) is 11.8 Å². The number of halogens is 1. The van der Waals surface area contributed by atoms with Crippen LogP contribution in [0.25, 0.3) is 0 Å². The highest BCUT2D eigenvalue weighted by atomic mass is 35.5. The van der Waals surface area contributed by atoms with E-state index in [9.17, 15) is 9.59 Å². The average molecular weight is 290 g/mol. The van der Waals surface area contributed by atoms with Gasteiger partial charge in [-0.3, -0.25) is 10.1 Å². The molecule has 3 N–H and O–H groups in total. The molecule has 18 heavy (non-hydrogen) atoms. The maximum atomic E-state index is 11.5. The molecule has 1 rings (SSSR count). The third-order valence-corrected chi connectivity index (χ3v) is 3.60. The van der Waals surface area contributed by atoms with E-state index in [1.807, 2.05) is 12.1 Å². The monoisotopic (exact) mass is 289 g/mol. The molecule has 0 radical (unpaired) electrons. The molecule has 1 heterocycles. The fraction of sp³-hybridized carbons (Fsp3) is 0.455. The fourth-order valence-corrected chi connectivity index (χ4v) is 2.36. The van der Waals surface area contributed by atoms with Crippen molar-refractivity contribution < 1.29 is 9.59 Å². The van der Waals surface area contributed by atoms with E-state index in [0.717, 1.165) is 15.6 Å². The molecule has 0 aromatic carbocycles. The molecule has 100 valence electrons. The van der Waals surface area contributed by atoms with Gasteiger partial charge in [-0.15, -0.1) is 11.3 Å². The zero-order chi connectivity index (χ0) is 13.5. The molecule has 3 amide bonds. The number of rotatable bonds is 5. The summed E-state index contributed by atoms with van der Waals surface area (Å²) < 4.78 is 0.760. The Kier molecular flexibility index (Phi) is 6.11. The number of hydrogen-bond acceptors (Lipinski definition) is 4. The topological polar surface area (TPSA) is 70.2 Å². The van der Waals surface area contributed by atoms with Crippen molar-refractivity contribution in [2.75, 3.05) is 13.6 Å². The minimum atomic E-state index is -0.501. The Morgan fingerprint density at radius 1 is 1.44 bits per heavy atom. The van der Waals surface area contributed by atoms with Crippen molar-refractivity contribution in [2.45, 2.75) is 19.4 Å². The lowest BCUT2D eigenvalue weighted by molar-refractivity contribution is -0.121. The van der Waals surface area contributed by atoms with Crippen LogP contribution in [0.4, 0.5) is 4.79 Å². The minimum absolute atomic E-state index is 0.349. The maximum absolute atomic E-state index is 11.5. The lowest BCUT2D eigenvalue weighted by Gasteiger charge is -2.12. The molecule has 1 aromatic heterocycles. The van der Waals surface area contributed by atoms with E-state index >= 15 is 0 Å². The highest BCUT2D eigenvalue weighted by Gasteiger charge is 2.14. The summed E-state index contributed by atoms with van der Waals surface area (Å²) in [7, 11) is 1.46. The first-order valence-electron chi connectivity index (χ1n) is 5.53. The standard InChI is InChI=1S/C11H16ClN3O2S/c1-7(10(16)15-11(17)13-2)14-6-5-8-3-4-9(12)18-8/h3-4,7,14H,5-6H2,1-2H3,(H2,13,15,16,17). The number of carbonyl (C=O) groups excluding carboxylic acids is 2. The number of thiophene rings is 1. The summed E-state index contributed by atoms with van der Waals surface area (Å²) in [5.41, 5.74) is 0. The summed E-state index contributed by atoms with van der Waals surface area (Å²) in [6.07, 6.45) is 0.801. The van der Waals surface area contributed by atoms with Crippen molar-refractivity contribution in [3.05, 3.63) is 21.3 Å². The molecule has 0 aliphatic carbocycles. The summed E-state index contributed by atoms with van der Waals surface area (Å²) in [4.78, 5) is 23.6. The lowest BCUT2D eigenvalue weighted by Crippen LogP contribution is -2.47. The largest absolute Gasteiger partial charge is 0.341 e. The van der Waals surface area contributed by atoms with Crippen molar-refractivity contribution in [1.29, 1.82) is 0 Å². The van der Waals surface area contributed by atoms with Gasteiger partial charge in [-0.05, 0) is 25.5 Å². The van der Waals surface area contributed by atoms with Crippen LogP contribution in [0.5, 0.6) is 0 Å². The molecular weight excluding hydrogens is 274 g/mol. The third kappa shape index (κ3) is 5.03. The van der Waals surface area contributed by atoms with Crippen molar-refractivity contribution in [1.82, 2.24) is 16.0 Å². The van der Waals surface area contributed by atoms with Gasteiger partial charge < -0.3 is 10.6 Å². The Balaban J connectivity index is 2.26. The molecule has 0 aliphatic heterocycles. The van der Waals surface area contributed by atoms with Crippen LogP contribution in [0.3, 0.4) is 0 Å². The molecule has 0 saturated heterocycles. The summed E-state index contributed by atoms with van der Waals surface area (Å²) in [5, 5.41) is 7.58. The number of amides is 3. The number of imide groups is 1. The zero-order valence-electron chi connectivity index (χ0n) is 10.2. The first-order valence-corrected chi connectivity index (χ1v) is 6.72. The predicted molar refractivity (Wildman–Crippen MR) is 73.1 cm³/mol. The summed E-state index contributed by atoms with van der Waals surface area (Å²) in [6, 6.07) is 2.89. The fourth-order valence-electron chi connectivity index (χ4n) is 1.27. The number of carbonyl (C=O) groups is 2. The van der Waals surface area contributed by atoms with Gasteiger partial charge >= 0.3 is 6.03 Å². The zero-order valence-corrected chi connectivity index (χ0v) is 11.8. The van der Waals surface area contributed by atoms with Crippen LogP contribution in [-0.4, -0.2) is 31.6 Å². The highest BCUT2D eigenvalue weighted by molar-refractivity contribution is 7.16. The van der Waals surface area contributed by atoms with Crippen LogP contribution >= 0.6 is 22.9 Å². The molecule has 0 fully saturated rings. The van der Waals surface area contributed by atoms with Crippen molar-refractivity contribution in [3.63, 3.8) is 0 Å². The van der Waals surface area contributed by atoms with E-state index in [4.69, 9.17) is 11.6 Å². The molecule has 0 aliphatic rings. The second kappa shape index (κ2) is 7.35. The van der Waals surface area contributed by atoms with Gasteiger partial charge in [0, 0.05) is 18.5 Å². The first kappa shape index (κ1) is 14.9. The van der Waals surface area contributed by atoms with Crippen LogP contribution in [0, 0.1) is 0 Å². The molecule has 0 bridgehead atoms. The second-order valence-electron chi connectivity index (χ2n) is 3.70. The number of urea groups is 1. The molecule has 0 saturated carbocycles. The van der Waals surface area contributed by atoms with Crippen molar-refractivity contribution in [3.8, 4) is 0 Å². The van der Waals surface area contributed by atoms with E-state index in [1.165, 1.54) is 18.4 Å². The molecule has 7 heteroatoms. The summed E-state index contributed by atoms with van der Waals surface area (Å²) >= 11 is 7.34. The molecular formula is C11H16ClN3O2S. The summed E-state index contributed by atoms with van der Waals surface area (Å²) in [5.74, 6) is -0.349. The molecule has 1 aromatic rings. The van der Waals surface area contributed by atoms with Crippen LogP contribution in [0.2, 0.25) is 4.34 Å². The Hall–Kier alpha value is -1.11. The van der Waals surface area contributed by atoms with Gasteiger partial charge in [0.05, 0.1) is 10.4 Å². The van der Waals surface area contributed by atoms with E-state index in [0.29, 0.717) is 6.54 Å². The molecule has 1 atom stereocenters. The van der Waals surface area contributed by atoms with Crippen LogP contribution in [0.15, 0.2) is 12.1 Å². The van der Waals surface area contributed by atoms with Gasteiger partial charge in [0.15, 0.2) is 0 Å². The highest BCUT2D eigenvalue weighted by Crippen LogP contribution is 2.21. The van der Waals surface area contributed by atoms with E-state index in [-0.39, 0.29) is 5.91 Å². The lowest BCUT2D eigenvalue weighted by atomic mass is 10.3. The van der Waals surface area contributed by atoms with Gasteiger partial charge in [-0.25, -0.2) is 4.79 Å². The number of hydrogen-bond donors (Lipinski definition) is 3. The molecule has 1 unspecified atom stereocenters. The van der Waals surface area contributed by atoms with Gasteiger partial charge in [0.1, 0.15) is 0 Å². The first-order chi connectivity index (χ1) is 8.52. The quantitative estimate of drug-likeness (QED) is 0.767. The van der Waals surface area contributed by atoms with Gasteiger partial charge in [-0.1, -0.05) is 11.6 Å². The molecule has 5 nitrogen and oxygen atoms in total. The Bertz CT molecular complexity index is 422. The van der Waals surface area contributed by atoms with Crippen molar-refractivity contribution in [2.24, 2.45) is 0 Å². The predicted octanol–water partition coefficient (Wildman–Crippen LogP) is 1.38. The van der Waals surface area contributed by atoms with Crippen LogP contribution < -0.4 is 16.0 Å². The average Bonchev–Trinajstić information content (AvgIpc) is 2.74. The summed E-state index contributed by atoms with van der Waals surface area (Å²) in [6.45, 7) is 2.36. The van der Waals surface area contributed by atoms with E-state index in [2.05, 4.69) is 16.0 Å². The SMILES string of the molecule is CNC(=O)NC(=O)C(C)NCCc1ccc(Cl)s1. The minimum Gasteiger partial charge on any atom is -0.341 e. The Labute approximate surface area is 115 Å².